The Hall–Kier alpha value is -0.460. The van der Waals surface area contributed by atoms with Crippen LogP contribution in [0.4, 0.5) is 0 Å². The predicted octanol–water partition coefficient (Wildman–Crippen LogP) is 1.33. The van der Waals surface area contributed by atoms with Gasteiger partial charge in [-0.3, -0.25) is 4.90 Å². The first-order valence-electron chi connectivity index (χ1n) is 5.95. The lowest BCUT2D eigenvalue weighted by atomic mass is 10.3. The van der Waals surface area contributed by atoms with Gasteiger partial charge in [0.2, 0.25) is 0 Å². The number of aromatic nitrogens is 1. The zero-order chi connectivity index (χ0) is 12.3. The molecule has 0 amide bonds. The van der Waals surface area contributed by atoms with Crippen molar-refractivity contribution in [3.05, 3.63) is 16.1 Å². The van der Waals surface area contributed by atoms with Crippen LogP contribution in [0.15, 0.2) is 5.38 Å². The molecule has 1 aromatic heterocycles. The molecule has 0 aromatic carbocycles. The Kier molecular flexibility index (Phi) is 4.17. The summed E-state index contributed by atoms with van der Waals surface area (Å²) < 4.78 is 22.6. The minimum Gasteiger partial charge on any atom is -0.295 e. The average Bonchev–Trinajstić information content (AvgIpc) is 2.70. The molecular weight excluding hydrogens is 256 g/mol. The average molecular weight is 274 g/mol. The Balaban J connectivity index is 1.88. The van der Waals surface area contributed by atoms with Crippen LogP contribution >= 0.6 is 11.3 Å². The van der Waals surface area contributed by atoms with E-state index >= 15 is 0 Å². The first kappa shape index (κ1) is 13.0. The van der Waals surface area contributed by atoms with Crippen LogP contribution in [0.1, 0.15) is 24.0 Å². The maximum atomic E-state index is 11.3. The van der Waals surface area contributed by atoms with E-state index in [1.54, 1.807) is 11.3 Å². The van der Waals surface area contributed by atoms with Gasteiger partial charge in [-0.15, -0.1) is 11.3 Å². The van der Waals surface area contributed by atoms with Gasteiger partial charge in [0, 0.05) is 25.0 Å². The second kappa shape index (κ2) is 5.46. The van der Waals surface area contributed by atoms with Gasteiger partial charge in [0.25, 0.3) is 0 Å². The molecule has 0 bridgehead atoms. The third kappa shape index (κ3) is 3.76. The van der Waals surface area contributed by atoms with Crippen molar-refractivity contribution in [2.45, 2.75) is 26.3 Å². The summed E-state index contributed by atoms with van der Waals surface area (Å²) >= 11 is 1.71. The van der Waals surface area contributed by atoms with Gasteiger partial charge in [-0.25, -0.2) is 13.4 Å². The lowest BCUT2D eigenvalue weighted by Gasteiger charge is -2.25. The highest BCUT2D eigenvalue weighted by atomic mass is 32.2. The van der Waals surface area contributed by atoms with Crippen molar-refractivity contribution in [3.63, 3.8) is 0 Å². The van der Waals surface area contributed by atoms with Gasteiger partial charge in [-0.05, 0) is 12.8 Å². The van der Waals surface area contributed by atoms with E-state index < -0.39 is 9.84 Å². The number of hydrogen-bond acceptors (Lipinski definition) is 5. The molecule has 0 spiro atoms. The lowest BCUT2D eigenvalue weighted by molar-refractivity contribution is 0.284. The quantitative estimate of drug-likeness (QED) is 0.831. The van der Waals surface area contributed by atoms with E-state index in [0.29, 0.717) is 24.6 Å². The lowest BCUT2D eigenvalue weighted by Crippen LogP contribution is -2.39. The van der Waals surface area contributed by atoms with Crippen LogP contribution < -0.4 is 0 Å². The predicted molar refractivity (Wildman–Crippen MR) is 70.0 cm³/mol. The first-order valence-corrected chi connectivity index (χ1v) is 8.65. The zero-order valence-electron chi connectivity index (χ0n) is 10.1. The van der Waals surface area contributed by atoms with Crippen molar-refractivity contribution < 1.29 is 8.42 Å². The molecule has 0 radical (unpaired) electrons. The molecule has 1 aliphatic rings. The van der Waals surface area contributed by atoms with Crippen molar-refractivity contribution in [2.75, 3.05) is 24.6 Å². The van der Waals surface area contributed by atoms with E-state index in [1.165, 1.54) is 5.01 Å². The van der Waals surface area contributed by atoms with E-state index in [1.807, 2.05) is 0 Å². The molecule has 0 saturated carbocycles. The zero-order valence-corrected chi connectivity index (χ0v) is 11.7. The molecule has 1 aromatic rings. The normalized spacial score (nSPS) is 20.5. The number of aryl methyl sites for hydroxylation is 1. The summed E-state index contributed by atoms with van der Waals surface area (Å²) in [5.41, 5.74) is 1.08. The summed E-state index contributed by atoms with van der Waals surface area (Å²) in [6, 6.07) is 0. The van der Waals surface area contributed by atoms with E-state index in [0.717, 1.165) is 25.1 Å². The van der Waals surface area contributed by atoms with Gasteiger partial charge in [0.05, 0.1) is 22.2 Å². The molecule has 17 heavy (non-hydrogen) atoms. The van der Waals surface area contributed by atoms with Gasteiger partial charge in [-0.2, -0.15) is 0 Å². The topological polar surface area (TPSA) is 50.3 Å². The van der Waals surface area contributed by atoms with E-state index in [9.17, 15) is 8.42 Å². The smallest absolute Gasteiger partial charge is 0.152 e. The first-order chi connectivity index (χ1) is 8.09. The standard InChI is InChI=1S/C11H18N2O2S2/c1-2-3-11-12-10(9-16-11)8-13-4-6-17(14,15)7-5-13/h9H,2-8H2,1H3. The molecule has 2 rings (SSSR count). The van der Waals surface area contributed by atoms with Gasteiger partial charge in [0.1, 0.15) is 0 Å². The maximum absolute atomic E-state index is 11.3. The molecule has 1 aliphatic heterocycles. The number of thiazole rings is 1. The van der Waals surface area contributed by atoms with Gasteiger partial charge in [-0.1, -0.05) is 6.92 Å². The van der Waals surface area contributed by atoms with Gasteiger partial charge < -0.3 is 0 Å². The molecule has 0 atom stereocenters. The summed E-state index contributed by atoms with van der Waals surface area (Å²) in [6.07, 6.45) is 2.16. The van der Waals surface area contributed by atoms with Crippen LogP contribution in [-0.4, -0.2) is 42.9 Å². The second-order valence-electron chi connectivity index (χ2n) is 4.41. The largest absolute Gasteiger partial charge is 0.295 e. The van der Waals surface area contributed by atoms with Gasteiger partial charge in [0.15, 0.2) is 9.84 Å². The molecular formula is C11H18N2O2S2. The third-order valence-electron chi connectivity index (χ3n) is 2.89. The van der Waals surface area contributed by atoms with Crippen molar-refractivity contribution in [3.8, 4) is 0 Å². The van der Waals surface area contributed by atoms with Crippen LogP contribution in [0.3, 0.4) is 0 Å². The number of nitrogens with zero attached hydrogens (tertiary/aromatic N) is 2. The Morgan fingerprint density at radius 2 is 2.12 bits per heavy atom. The molecule has 0 unspecified atom stereocenters. The summed E-state index contributed by atoms with van der Waals surface area (Å²) in [5.74, 6) is 0.581. The van der Waals surface area contributed by atoms with Crippen molar-refractivity contribution in [1.29, 1.82) is 0 Å². The van der Waals surface area contributed by atoms with Crippen molar-refractivity contribution >= 4 is 21.2 Å². The molecule has 6 heteroatoms. The highest BCUT2D eigenvalue weighted by molar-refractivity contribution is 7.91. The number of sulfone groups is 1. The second-order valence-corrected chi connectivity index (χ2v) is 7.66. The van der Waals surface area contributed by atoms with Crippen LogP contribution in [-0.2, 0) is 22.8 Å². The fourth-order valence-electron chi connectivity index (χ4n) is 1.89. The molecule has 1 fully saturated rings. The summed E-state index contributed by atoms with van der Waals surface area (Å²) in [7, 11) is -2.77. The van der Waals surface area contributed by atoms with E-state index in [2.05, 4.69) is 22.2 Å². The van der Waals surface area contributed by atoms with Crippen LogP contribution in [0.5, 0.6) is 0 Å². The molecule has 0 N–H and O–H groups in total. The van der Waals surface area contributed by atoms with E-state index in [-0.39, 0.29) is 0 Å². The molecule has 0 aliphatic carbocycles. The van der Waals surface area contributed by atoms with Crippen LogP contribution in [0.25, 0.3) is 0 Å². The fraction of sp³-hybridized carbons (Fsp3) is 0.727. The summed E-state index contributed by atoms with van der Waals surface area (Å²) in [5, 5.41) is 3.28. The highest BCUT2D eigenvalue weighted by Gasteiger charge is 2.21. The van der Waals surface area contributed by atoms with Crippen molar-refractivity contribution in [2.24, 2.45) is 0 Å². The SMILES string of the molecule is CCCc1nc(CN2CCS(=O)(=O)CC2)cs1. The molecule has 4 nitrogen and oxygen atoms in total. The van der Waals surface area contributed by atoms with E-state index in [4.69, 9.17) is 0 Å². The number of hydrogen-bond donors (Lipinski definition) is 0. The monoisotopic (exact) mass is 274 g/mol. The Morgan fingerprint density at radius 3 is 2.76 bits per heavy atom. The number of rotatable bonds is 4. The molecule has 96 valence electrons. The van der Waals surface area contributed by atoms with Crippen LogP contribution in [0.2, 0.25) is 0 Å². The maximum Gasteiger partial charge on any atom is 0.152 e. The van der Waals surface area contributed by atoms with Crippen molar-refractivity contribution in [1.82, 2.24) is 9.88 Å². The molecule has 1 saturated heterocycles. The Bertz CT molecular complexity index is 454. The minimum atomic E-state index is -2.77. The summed E-state index contributed by atoms with van der Waals surface area (Å²) in [6.45, 7) is 4.22. The molecule has 2 heterocycles. The minimum absolute atomic E-state index is 0.291. The van der Waals surface area contributed by atoms with Gasteiger partial charge >= 0.3 is 0 Å². The Labute approximate surface area is 107 Å². The highest BCUT2D eigenvalue weighted by Crippen LogP contribution is 2.14. The third-order valence-corrected chi connectivity index (χ3v) is 5.45. The summed E-state index contributed by atoms with van der Waals surface area (Å²) in [4.78, 5) is 6.73. The van der Waals surface area contributed by atoms with Crippen LogP contribution in [0, 0.1) is 0 Å². The fourth-order valence-corrected chi connectivity index (χ4v) is 4.06. The Morgan fingerprint density at radius 1 is 1.41 bits per heavy atom.